The maximum Gasteiger partial charge on any atom is 0.124 e. The van der Waals surface area contributed by atoms with Gasteiger partial charge < -0.3 is 0 Å². The van der Waals surface area contributed by atoms with Crippen LogP contribution in [0.3, 0.4) is 0 Å². The molecule has 1 aliphatic rings. The van der Waals surface area contributed by atoms with Crippen molar-refractivity contribution in [1.82, 2.24) is 0 Å². The maximum atomic E-state index is 12.6. The summed E-state index contributed by atoms with van der Waals surface area (Å²) < 4.78 is 13.5. The van der Waals surface area contributed by atoms with Crippen LogP contribution in [0.25, 0.3) is 0 Å². The predicted octanol–water partition coefficient (Wildman–Crippen LogP) is 3.30. The van der Waals surface area contributed by atoms with E-state index in [1.54, 1.807) is 0 Å². The molecule has 0 bridgehead atoms. The second kappa shape index (κ2) is 2.59. The highest BCUT2D eigenvalue weighted by atomic mass is 79.9. The number of rotatable bonds is 1. The molecule has 2 heteroatoms. The van der Waals surface area contributed by atoms with Gasteiger partial charge in [-0.2, -0.15) is 0 Å². The zero-order chi connectivity index (χ0) is 7.84. The molecule has 1 saturated carbocycles. The van der Waals surface area contributed by atoms with Crippen molar-refractivity contribution in [2.75, 3.05) is 0 Å². The Hall–Kier alpha value is -0.370. The van der Waals surface area contributed by atoms with Gasteiger partial charge in [-0.05, 0) is 30.5 Å². The first-order valence-corrected chi connectivity index (χ1v) is 4.37. The Morgan fingerprint density at radius 2 is 2.00 bits per heavy atom. The van der Waals surface area contributed by atoms with Gasteiger partial charge in [0.2, 0.25) is 0 Å². The molecule has 0 atom stereocenters. The molecule has 1 aromatic carbocycles. The third-order valence-corrected chi connectivity index (χ3v) is 2.47. The van der Waals surface area contributed by atoms with Crippen LogP contribution >= 0.6 is 15.9 Å². The van der Waals surface area contributed by atoms with Crippen LogP contribution in [-0.4, -0.2) is 0 Å². The molecule has 0 saturated heterocycles. The molecule has 1 aromatic rings. The molecule has 1 fully saturated rings. The molecule has 0 spiro atoms. The molecule has 11 heavy (non-hydrogen) atoms. The minimum Gasteiger partial charge on any atom is -0.207 e. The fourth-order valence-corrected chi connectivity index (χ4v) is 1.74. The minimum atomic E-state index is -0.179. The van der Waals surface area contributed by atoms with E-state index < -0.39 is 0 Å². The van der Waals surface area contributed by atoms with Crippen molar-refractivity contribution >= 4 is 15.9 Å². The largest absolute Gasteiger partial charge is 0.207 e. The molecule has 1 aliphatic carbocycles. The predicted molar refractivity (Wildman–Crippen MR) is 45.7 cm³/mol. The Morgan fingerprint density at radius 1 is 1.27 bits per heavy atom. The number of hydrogen-bond donors (Lipinski definition) is 0. The van der Waals surface area contributed by atoms with Gasteiger partial charge in [0.15, 0.2) is 0 Å². The molecule has 0 heterocycles. The molecule has 0 aromatic heterocycles. The van der Waals surface area contributed by atoms with Gasteiger partial charge in [-0.15, -0.1) is 0 Å². The first-order chi connectivity index (χ1) is 5.27. The molecule has 2 rings (SSSR count). The summed E-state index contributed by atoms with van der Waals surface area (Å²) in [5, 5.41) is 0. The van der Waals surface area contributed by atoms with Gasteiger partial charge in [-0.3, -0.25) is 0 Å². The summed E-state index contributed by atoms with van der Waals surface area (Å²) in [4.78, 5) is 0. The summed E-state index contributed by atoms with van der Waals surface area (Å²) >= 11 is 3.33. The van der Waals surface area contributed by atoms with Crippen molar-refractivity contribution in [2.45, 2.75) is 12.8 Å². The first kappa shape index (κ1) is 7.29. The summed E-state index contributed by atoms with van der Waals surface area (Å²) in [5.74, 6) is 1.25. The molecule has 0 aliphatic heterocycles. The number of benzene rings is 1. The third-order valence-electron chi connectivity index (χ3n) is 1.81. The van der Waals surface area contributed by atoms with E-state index in [-0.39, 0.29) is 5.82 Å². The van der Waals surface area contributed by atoms with E-state index in [2.05, 4.69) is 15.9 Å². The molecule has 0 N–H and O–H groups in total. The number of halogens is 2. The summed E-state index contributed by atoms with van der Waals surface area (Å²) in [6.07, 6.45) is 2.34. The third kappa shape index (κ3) is 1.45. The lowest BCUT2D eigenvalue weighted by molar-refractivity contribution is 0.626. The van der Waals surface area contributed by atoms with E-state index in [4.69, 9.17) is 0 Å². The SMILES string of the molecule is Fc1ccc([C]2CC2)c(Br)c1. The summed E-state index contributed by atoms with van der Waals surface area (Å²) in [5.41, 5.74) is 1.17. The first-order valence-electron chi connectivity index (χ1n) is 3.57. The quantitative estimate of drug-likeness (QED) is 0.672. The lowest BCUT2D eigenvalue weighted by Gasteiger charge is -1.99. The van der Waals surface area contributed by atoms with E-state index in [9.17, 15) is 4.39 Å². The Bertz CT molecular complexity index is 279. The topological polar surface area (TPSA) is 0 Å². The fraction of sp³-hybridized carbons (Fsp3) is 0.222. The van der Waals surface area contributed by atoms with E-state index in [1.165, 1.54) is 36.5 Å². The van der Waals surface area contributed by atoms with Crippen LogP contribution < -0.4 is 0 Å². The number of hydrogen-bond acceptors (Lipinski definition) is 0. The fourth-order valence-electron chi connectivity index (χ4n) is 1.11. The average Bonchev–Trinajstić information content (AvgIpc) is 2.70. The van der Waals surface area contributed by atoms with Gasteiger partial charge in [0, 0.05) is 10.4 Å². The van der Waals surface area contributed by atoms with Crippen LogP contribution in [0.1, 0.15) is 18.4 Å². The Morgan fingerprint density at radius 3 is 2.55 bits per heavy atom. The van der Waals surface area contributed by atoms with Gasteiger partial charge in [0.1, 0.15) is 5.82 Å². The van der Waals surface area contributed by atoms with Gasteiger partial charge in [-0.25, -0.2) is 4.39 Å². The molecular weight excluding hydrogens is 207 g/mol. The van der Waals surface area contributed by atoms with Crippen LogP contribution in [0, 0.1) is 11.7 Å². The Kier molecular flexibility index (Phi) is 1.72. The van der Waals surface area contributed by atoms with Gasteiger partial charge in [0.25, 0.3) is 0 Å². The molecule has 1 radical (unpaired) electrons. The van der Waals surface area contributed by atoms with E-state index in [1.807, 2.05) is 6.07 Å². The lowest BCUT2D eigenvalue weighted by atomic mass is 10.1. The standard InChI is InChI=1S/C9H7BrF/c10-9-5-7(11)3-4-8(9)6-1-2-6/h3-5H,1-2H2. The highest BCUT2D eigenvalue weighted by Crippen LogP contribution is 2.42. The highest BCUT2D eigenvalue weighted by Gasteiger charge is 2.26. The molecule has 0 unspecified atom stereocenters. The smallest absolute Gasteiger partial charge is 0.124 e. The van der Waals surface area contributed by atoms with E-state index >= 15 is 0 Å². The molecule has 0 nitrogen and oxygen atoms in total. The Labute approximate surface area is 73.6 Å². The van der Waals surface area contributed by atoms with Crippen LogP contribution in [0.4, 0.5) is 4.39 Å². The van der Waals surface area contributed by atoms with Gasteiger partial charge >= 0.3 is 0 Å². The van der Waals surface area contributed by atoms with Crippen molar-refractivity contribution in [3.63, 3.8) is 0 Å². The van der Waals surface area contributed by atoms with Gasteiger partial charge in [0.05, 0.1) is 0 Å². The van der Waals surface area contributed by atoms with Gasteiger partial charge in [-0.1, -0.05) is 22.0 Å². The molecule has 0 amide bonds. The minimum absolute atomic E-state index is 0.179. The highest BCUT2D eigenvalue weighted by molar-refractivity contribution is 9.10. The van der Waals surface area contributed by atoms with Crippen molar-refractivity contribution in [3.8, 4) is 0 Å². The normalized spacial score (nSPS) is 16.9. The van der Waals surface area contributed by atoms with Crippen molar-refractivity contribution < 1.29 is 4.39 Å². The van der Waals surface area contributed by atoms with Crippen molar-refractivity contribution in [3.05, 3.63) is 40.0 Å². The van der Waals surface area contributed by atoms with Crippen LogP contribution in [-0.2, 0) is 0 Å². The van der Waals surface area contributed by atoms with Crippen LogP contribution in [0.5, 0.6) is 0 Å². The van der Waals surface area contributed by atoms with Crippen molar-refractivity contribution in [2.24, 2.45) is 0 Å². The molecular formula is C9H7BrF. The van der Waals surface area contributed by atoms with Crippen LogP contribution in [0.15, 0.2) is 22.7 Å². The zero-order valence-corrected chi connectivity index (χ0v) is 7.49. The zero-order valence-electron chi connectivity index (χ0n) is 5.90. The lowest BCUT2D eigenvalue weighted by Crippen LogP contribution is -1.83. The van der Waals surface area contributed by atoms with E-state index in [0.717, 1.165) is 4.47 Å². The Balaban J connectivity index is 2.39. The second-order valence-electron chi connectivity index (χ2n) is 2.73. The monoisotopic (exact) mass is 213 g/mol. The molecule has 57 valence electrons. The van der Waals surface area contributed by atoms with Crippen LogP contribution in [0.2, 0.25) is 0 Å². The summed E-state index contributed by atoms with van der Waals surface area (Å²) in [6.45, 7) is 0. The van der Waals surface area contributed by atoms with E-state index in [0.29, 0.717) is 0 Å². The second-order valence-corrected chi connectivity index (χ2v) is 3.58. The summed E-state index contributed by atoms with van der Waals surface area (Å²) in [6, 6.07) is 4.85. The summed E-state index contributed by atoms with van der Waals surface area (Å²) in [7, 11) is 0. The van der Waals surface area contributed by atoms with Crippen molar-refractivity contribution in [1.29, 1.82) is 0 Å². The maximum absolute atomic E-state index is 12.6. The average molecular weight is 214 g/mol.